The molecular weight excluding hydrogens is 466 g/mol. The minimum absolute atomic E-state index is 0.0248. The van der Waals surface area contributed by atoms with E-state index >= 15 is 0 Å². The quantitative estimate of drug-likeness (QED) is 0.501. The van der Waals surface area contributed by atoms with Gasteiger partial charge in [0, 0.05) is 24.3 Å². The van der Waals surface area contributed by atoms with E-state index in [-0.39, 0.29) is 23.1 Å². The van der Waals surface area contributed by atoms with Crippen LogP contribution in [0.25, 0.3) is 0 Å². The fourth-order valence-corrected chi connectivity index (χ4v) is 5.29. The van der Waals surface area contributed by atoms with Crippen LogP contribution >= 0.6 is 0 Å². The molecule has 1 saturated heterocycles. The van der Waals surface area contributed by atoms with Crippen molar-refractivity contribution < 1.29 is 22.7 Å². The number of carbonyl (C=O) groups is 2. The van der Waals surface area contributed by atoms with Crippen molar-refractivity contribution in [2.24, 2.45) is 0 Å². The number of rotatable bonds is 8. The zero-order valence-electron chi connectivity index (χ0n) is 19.1. The van der Waals surface area contributed by atoms with Gasteiger partial charge in [0.1, 0.15) is 0 Å². The van der Waals surface area contributed by atoms with E-state index < -0.39 is 16.1 Å². The number of hydrogen-bond acceptors (Lipinski definition) is 5. The lowest BCUT2D eigenvalue weighted by atomic mass is 10.0. The van der Waals surface area contributed by atoms with Crippen LogP contribution in [0.2, 0.25) is 0 Å². The van der Waals surface area contributed by atoms with Gasteiger partial charge in [-0.3, -0.25) is 9.59 Å². The topological polar surface area (TPSA) is 105 Å². The van der Waals surface area contributed by atoms with Crippen LogP contribution in [0.4, 0.5) is 5.69 Å². The van der Waals surface area contributed by atoms with Crippen LogP contribution in [-0.4, -0.2) is 50.8 Å². The van der Waals surface area contributed by atoms with Gasteiger partial charge < -0.3 is 15.4 Å². The largest absolute Gasteiger partial charge is 0.379 e. The highest BCUT2D eigenvalue weighted by Crippen LogP contribution is 2.22. The van der Waals surface area contributed by atoms with Crippen molar-refractivity contribution in [1.29, 1.82) is 0 Å². The molecule has 0 radical (unpaired) electrons. The fraction of sp³-hybridized carbons (Fsp3) is 0.231. The van der Waals surface area contributed by atoms with Gasteiger partial charge in [0.25, 0.3) is 5.91 Å². The summed E-state index contributed by atoms with van der Waals surface area (Å²) in [5.74, 6) is -0.640. The van der Waals surface area contributed by atoms with Crippen LogP contribution in [0.5, 0.6) is 0 Å². The maximum atomic E-state index is 13.0. The Balaban J connectivity index is 1.48. The highest BCUT2D eigenvalue weighted by Gasteiger charge is 2.27. The van der Waals surface area contributed by atoms with E-state index in [2.05, 4.69) is 10.6 Å². The first-order chi connectivity index (χ1) is 16.9. The smallest absolute Gasteiger partial charge is 0.251 e. The summed E-state index contributed by atoms with van der Waals surface area (Å²) in [6.07, 6.45) is -0.0248. The molecule has 1 aliphatic heterocycles. The highest BCUT2D eigenvalue weighted by atomic mass is 32.2. The first-order valence-electron chi connectivity index (χ1n) is 11.3. The Kier molecular flexibility index (Phi) is 7.91. The average Bonchev–Trinajstić information content (AvgIpc) is 2.90. The molecule has 182 valence electrons. The number of morpholine rings is 1. The van der Waals surface area contributed by atoms with Gasteiger partial charge in [0.2, 0.25) is 15.9 Å². The molecule has 9 heteroatoms. The third kappa shape index (κ3) is 6.33. The standard InChI is InChI=1S/C26H27N3O5S/c30-25(27-22-12-7-13-23(18-22)35(32,33)29-14-16-34-17-15-29)19-24(20-8-3-1-4-9-20)28-26(31)21-10-5-2-6-11-21/h1-13,18,24H,14-17,19H2,(H,27,30)(H,28,31)/t24-/m1/s1. The number of sulfonamides is 1. The van der Waals surface area contributed by atoms with Gasteiger partial charge in [-0.15, -0.1) is 0 Å². The van der Waals surface area contributed by atoms with Crippen LogP contribution in [0.3, 0.4) is 0 Å². The van der Waals surface area contributed by atoms with E-state index in [4.69, 9.17) is 4.74 Å². The van der Waals surface area contributed by atoms with E-state index in [9.17, 15) is 18.0 Å². The average molecular weight is 494 g/mol. The minimum Gasteiger partial charge on any atom is -0.379 e. The third-order valence-corrected chi connectivity index (χ3v) is 7.55. The maximum Gasteiger partial charge on any atom is 0.251 e. The Morgan fingerprint density at radius 3 is 2.23 bits per heavy atom. The maximum absolute atomic E-state index is 13.0. The van der Waals surface area contributed by atoms with Crippen molar-refractivity contribution in [3.8, 4) is 0 Å². The van der Waals surface area contributed by atoms with E-state index in [1.807, 2.05) is 36.4 Å². The van der Waals surface area contributed by atoms with Gasteiger partial charge in [-0.2, -0.15) is 4.31 Å². The molecule has 0 saturated carbocycles. The summed E-state index contributed by atoms with van der Waals surface area (Å²) < 4.78 is 32.5. The van der Waals surface area contributed by atoms with Crippen molar-refractivity contribution in [1.82, 2.24) is 9.62 Å². The molecule has 0 aliphatic carbocycles. The van der Waals surface area contributed by atoms with Gasteiger partial charge in [0.05, 0.1) is 30.6 Å². The summed E-state index contributed by atoms with van der Waals surface area (Å²) in [7, 11) is -3.69. The summed E-state index contributed by atoms with van der Waals surface area (Å²) in [5.41, 5.74) is 1.65. The molecule has 35 heavy (non-hydrogen) atoms. The number of hydrogen-bond donors (Lipinski definition) is 2. The summed E-state index contributed by atoms with van der Waals surface area (Å²) in [6.45, 7) is 1.29. The minimum atomic E-state index is -3.69. The monoisotopic (exact) mass is 493 g/mol. The Morgan fingerprint density at radius 1 is 0.886 bits per heavy atom. The van der Waals surface area contributed by atoms with Crippen molar-refractivity contribution >= 4 is 27.5 Å². The number of anilines is 1. The second-order valence-corrected chi connectivity index (χ2v) is 10.0. The first kappa shape index (κ1) is 24.6. The second kappa shape index (κ2) is 11.3. The molecule has 0 bridgehead atoms. The normalized spacial score (nSPS) is 15.2. The van der Waals surface area contributed by atoms with Crippen LogP contribution in [0.15, 0.2) is 89.8 Å². The number of carbonyl (C=O) groups excluding carboxylic acids is 2. The SMILES string of the molecule is O=C(C[C@@H](NC(=O)c1ccccc1)c1ccccc1)Nc1cccc(S(=O)(=O)N2CCOCC2)c1. The molecule has 3 aromatic carbocycles. The van der Waals surface area contributed by atoms with Crippen molar-refractivity contribution in [3.05, 3.63) is 96.1 Å². The molecule has 1 atom stereocenters. The predicted molar refractivity (Wildman–Crippen MR) is 132 cm³/mol. The van der Waals surface area contributed by atoms with Crippen LogP contribution in [0, 0.1) is 0 Å². The first-order valence-corrected chi connectivity index (χ1v) is 12.8. The lowest BCUT2D eigenvalue weighted by Gasteiger charge is -2.26. The van der Waals surface area contributed by atoms with E-state index in [0.29, 0.717) is 37.6 Å². The van der Waals surface area contributed by atoms with Crippen molar-refractivity contribution in [2.75, 3.05) is 31.6 Å². The van der Waals surface area contributed by atoms with Gasteiger partial charge >= 0.3 is 0 Å². The molecule has 1 fully saturated rings. The fourth-order valence-electron chi connectivity index (χ4n) is 3.84. The van der Waals surface area contributed by atoms with Gasteiger partial charge in [-0.1, -0.05) is 54.6 Å². The Hall–Kier alpha value is -3.53. The second-order valence-electron chi connectivity index (χ2n) is 8.10. The molecule has 4 rings (SSSR count). The Labute approximate surface area is 205 Å². The molecular formula is C26H27N3O5S. The van der Waals surface area contributed by atoms with Gasteiger partial charge in [-0.25, -0.2) is 8.42 Å². The number of amides is 2. The van der Waals surface area contributed by atoms with E-state index in [1.54, 1.807) is 36.4 Å². The molecule has 0 aromatic heterocycles. The van der Waals surface area contributed by atoms with Gasteiger partial charge in [0.15, 0.2) is 0 Å². The highest BCUT2D eigenvalue weighted by molar-refractivity contribution is 7.89. The lowest BCUT2D eigenvalue weighted by molar-refractivity contribution is -0.116. The molecule has 8 nitrogen and oxygen atoms in total. The number of ether oxygens (including phenoxy) is 1. The molecule has 3 aromatic rings. The third-order valence-electron chi connectivity index (χ3n) is 5.66. The summed E-state index contributed by atoms with van der Waals surface area (Å²) in [4.78, 5) is 25.8. The summed E-state index contributed by atoms with van der Waals surface area (Å²) in [6, 6.07) is 23.6. The van der Waals surface area contributed by atoms with E-state index in [1.165, 1.54) is 16.4 Å². The number of benzene rings is 3. The van der Waals surface area contributed by atoms with Crippen LogP contribution in [-0.2, 0) is 19.6 Å². The Bertz CT molecular complexity index is 1260. The lowest BCUT2D eigenvalue weighted by Crippen LogP contribution is -2.40. The molecule has 1 aliphatic rings. The predicted octanol–water partition coefficient (Wildman–Crippen LogP) is 3.21. The molecule has 0 spiro atoms. The van der Waals surface area contributed by atoms with Crippen molar-refractivity contribution in [2.45, 2.75) is 17.4 Å². The number of nitrogens with zero attached hydrogens (tertiary/aromatic N) is 1. The Morgan fingerprint density at radius 2 is 1.54 bits per heavy atom. The zero-order valence-corrected chi connectivity index (χ0v) is 19.9. The molecule has 1 heterocycles. The van der Waals surface area contributed by atoms with Crippen LogP contribution < -0.4 is 10.6 Å². The number of nitrogens with one attached hydrogen (secondary N) is 2. The van der Waals surface area contributed by atoms with Crippen molar-refractivity contribution in [3.63, 3.8) is 0 Å². The molecule has 2 N–H and O–H groups in total. The van der Waals surface area contributed by atoms with E-state index in [0.717, 1.165) is 5.56 Å². The molecule has 0 unspecified atom stereocenters. The summed E-state index contributed by atoms with van der Waals surface area (Å²) >= 11 is 0. The zero-order chi connectivity index (χ0) is 24.7. The summed E-state index contributed by atoms with van der Waals surface area (Å²) in [5, 5.41) is 5.70. The van der Waals surface area contributed by atoms with Crippen LogP contribution in [0.1, 0.15) is 28.4 Å². The van der Waals surface area contributed by atoms with Gasteiger partial charge in [-0.05, 0) is 35.9 Å². The molecule has 2 amide bonds.